The van der Waals surface area contributed by atoms with Crippen molar-refractivity contribution in [3.05, 3.63) is 45.9 Å². The Balaban J connectivity index is 0.000000257. The molecule has 2 rings (SSSR count). The average Bonchev–Trinajstić information content (AvgIpc) is 2.97. The van der Waals surface area contributed by atoms with E-state index in [-0.39, 0.29) is 11.0 Å². The number of hydrogen-bond acceptors (Lipinski definition) is 4. The zero-order chi connectivity index (χ0) is 19.1. The highest BCUT2D eigenvalue weighted by Crippen LogP contribution is 2.24. The number of aromatic nitrogens is 1. The molecule has 0 bridgehead atoms. The van der Waals surface area contributed by atoms with Gasteiger partial charge in [0.25, 0.3) is 0 Å². The van der Waals surface area contributed by atoms with Crippen LogP contribution in [0.5, 0.6) is 5.75 Å². The molecule has 0 N–H and O–H groups in total. The first kappa shape index (κ1) is 21.7. The second-order valence-electron chi connectivity index (χ2n) is 8.44. The highest BCUT2D eigenvalue weighted by molar-refractivity contribution is 7.09. The van der Waals surface area contributed by atoms with E-state index in [0.717, 1.165) is 12.4 Å². The highest BCUT2D eigenvalue weighted by Gasteiger charge is 2.12. The van der Waals surface area contributed by atoms with Crippen molar-refractivity contribution in [1.82, 2.24) is 4.98 Å². The Kier molecular flexibility index (Phi) is 8.10. The van der Waals surface area contributed by atoms with Crippen molar-refractivity contribution < 1.29 is 9.47 Å². The van der Waals surface area contributed by atoms with Crippen molar-refractivity contribution in [3.63, 3.8) is 0 Å². The summed E-state index contributed by atoms with van der Waals surface area (Å²) in [6.07, 6.45) is 1.84. The van der Waals surface area contributed by atoms with E-state index in [0.29, 0.717) is 6.61 Å². The van der Waals surface area contributed by atoms with E-state index in [9.17, 15) is 0 Å². The van der Waals surface area contributed by atoms with E-state index in [4.69, 9.17) is 9.47 Å². The van der Waals surface area contributed by atoms with Crippen LogP contribution >= 0.6 is 11.3 Å². The third-order valence-electron chi connectivity index (χ3n) is 3.19. The van der Waals surface area contributed by atoms with Gasteiger partial charge in [0.1, 0.15) is 5.75 Å². The fourth-order valence-electron chi connectivity index (χ4n) is 1.92. The molecule has 3 nitrogen and oxygen atoms in total. The number of thiazole rings is 1. The summed E-state index contributed by atoms with van der Waals surface area (Å²) in [5.74, 6) is 1.04. The second kappa shape index (κ2) is 9.35. The Bertz CT molecular complexity index is 602. The topological polar surface area (TPSA) is 31.4 Å². The summed E-state index contributed by atoms with van der Waals surface area (Å²) in [6.45, 7) is 18.3. The van der Waals surface area contributed by atoms with E-state index >= 15 is 0 Å². The van der Waals surface area contributed by atoms with Gasteiger partial charge in [-0.25, -0.2) is 0 Å². The lowest BCUT2D eigenvalue weighted by Gasteiger charge is -2.20. The minimum atomic E-state index is -0.0516. The van der Waals surface area contributed by atoms with Crippen molar-refractivity contribution in [2.75, 3.05) is 6.61 Å². The van der Waals surface area contributed by atoms with Gasteiger partial charge in [0, 0.05) is 6.20 Å². The van der Waals surface area contributed by atoms with Gasteiger partial charge in [-0.3, -0.25) is 4.98 Å². The van der Waals surface area contributed by atoms with Gasteiger partial charge in [0.05, 0.1) is 29.2 Å². The molecule has 1 aromatic carbocycles. The number of aryl methyl sites for hydroxylation is 2. The van der Waals surface area contributed by atoms with Gasteiger partial charge in [0.15, 0.2) is 0 Å². The second-order valence-corrected chi connectivity index (χ2v) is 9.41. The number of hydrogen-bond donors (Lipinski definition) is 0. The van der Waals surface area contributed by atoms with Gasteiger partial charge in [0.2, 0.25) is 0 Å². The molecule has 0 radical (unpaired) electrons. The molecule has 0 atom stereocenters. The van der Waals surface area contributed by atoms with Crippen LogP contribution in [0.1, 0.15) is 57.5 Å². The quantitative estimate of drug-likeness (QED) is 0.649. The lowest BCUT2D eigenvalue weighted by molar-refractivity contribution is -0.0137. The van der Waals surface area contributed by atoms with Crippen LogP contribution in [0.15, 0.2) is 29.9 Å². The van der Waals surface area contributed by atoms with E-state index < -0.39 is 0 Å². The Morgan fingerprint density at radius 2 is 1.60 bits per heavy atom. The van der Waals surface area contributed by atoms with E-state index in [1.165, 1.54) is 16.0 Å². The molecule has 0 amide bonds. The average molecular weight is 364 g/mol. The lowest BCUT2D eigenvalue weighted by Crippen LogP contribution is -2.18. The van der Waals surface area contributed by atoms with Gasteiger partial charge < -0.3 is 9.47 Å². The largest absolute Gasteiger partial charge is 0.492 e. The smallest absolute Gasteiger partial charge is 0.125 e. The first-order valence-electron chi connectivity index (χ1n) is 8.68. The summed E-state index contributed by atoms with van der Waals surface area (Å²) in [7, 11) is 0. The summed E-state index contributed by atoms with van der Waals surface area (Å²) >= 11 is 1.63. The molecule has 0 saturated carbocycles. The maximum absolute atomic E-state index is 5.83. The molecule has 0 unspecified atom stereocenters. The predicted molar refractivity (Wildman–Crippen MR) is 108 cm³/mol. The van der Waals surface area contributed by atoms with Crippen LogP contribution in [-0.4, -0.2) is 17.2 Å². The number of para-hydroxylation sites is 1. The van der Waals surface area contributed by atoms with Crippen molar-refractivity contribution in [3.8, 4) is 5.75 Å². The zero-order valence-electron chi connectivity index (χ0n) is 17.0. The van der Waals surface area contributed by atoms with Gasteiger partial charge in [-0.1, -0.05) is 39.0 Å². The van der Waals surface area contributed by atoms with Gasteiger partial charge in [-0.05, 0) is 51.2 Å². The Morgan fingerprint density at radius 1 is 1.00 bits per heavy atom. The first-order chi connectivity index (χ1) is 11.5. The number of rotatable bonds is 4. The van der Waals surface area contributed by atoms with Gasteiger partial charge >= 0.3 is 0 Å². The molecule has 140 valence electrons. The fraction of sp³-hybridized carbons (Fsp3) is 0.571. The molecule has 0 aliphatic rings. The third-order valence-corrected chi connectivity index (χ3v) is 3.94. The molecular formula is C21H33NO2S. The summed E-state index contributed by atoms with van der Waals surface area (Å²) in [5, 5.41) is 0. The molecule has 25 heavy (non-hydrogen) atoms. The lowest BCUT2D eigenvalue weighted by atomic mass is 9.98. The fourth-order valence-corrected chi connectivity index (χ4v) is 2.42. The minimum Gasteiger partial charge on any atom is -0.492 e. The number of nitrogens with zero attached hydrogens (tertiary/aromatic N) is 1. The van der Waals surface area contributed by atoms with Crippen molar-refractivity contribution in [1.29, 1.82) is 0 Å². The minimum absolute atomic E-state index is 0.0516. The number of ether oxygens (including phenoxy) is 2. The summed E-state index contributed by atoms with van der Waals surface area (Å²) in [5.41, 5.74) is 4.42. The predicted octanol–water partition coefficient (Wildman–Crippen LogP) is 6.19. The SMILES string of the molecule is CC(C)(C)OCc1cncs1.Cc1cccc(C)c1OCC(C)(C)C. The standard InChI is InChI=1S/C13H20O.C8H13NOS/c1-10-7-6-8-11(2)12(10)14-9-13(3,4)5;1-8(2,3)10-5-7-4-9-6-11-7/h6-8H,9H2,1-5H3;4,6H,5H2,1-3H3. The Morgan fingerprint density at radius 3 is 2.04 bits per heavy atom. The molecule has 4 heteroatoms. The van der Waals surface area contributed by atoms with Crippen LogP contribution in [0, 0.1) is 19.3 Å². The summed E-state index contributed by atoms with van der Waals surface area (Å²) < 4.78 is 11.4. The van der Waals surface area contributed by atoms with Crippen molar-refractivity contribution >= 4 is 11.3 Å². The van der Waals surface area contributed by atoms with E-state index in [2.05, 4.69) is 57.8 Å². The Hall–Kier alpha value is -1.39. The molecule has 0 spiro atoms. The molecule has 0 saturated heterocycles. The molecular weight excluding hydrogens is 330 g/mol. The van der Waals surface area contributed by atoms with Gasteiger partial charge in [-0.2, -0.15) is 0 Å². The third kappa shape index (κ3) is 9.61. The maximum Gasteiger partial charge on any atom is 0.125 e. The van der Waals surface area contributed by atoms with E-state index in [1.807, 2.05) is 32.5 Å². The molecule has 0 aliphatic carbocycles. The monoisotopic (exact) mass is 363 g/mol. The summed E-state index contributed by atoms with van der Waals surface area (Å²) in [4.78, 5) is 5.14. The van der Waals surface area contributed by atoms with Crippen LogP contribution in [0.25, 0.3) is 0 Å². The van der Waals surface area contributed by atoms with Crippen LogP contribution in [-0.2, 0) is 11.3 Å². The molecule has 1 aromatic heterocycles. The normalized spacial score (nSPS) is 11.7. The highest BCUT2D eigenvalue weighted by atomic mass is 32.1. The van der Waals surface area contributed by atoms with Crippen LogP contribution in [0.3, 0.4) is 0 Å². The Labute approximate surface area is 157 Å². The van der Waals surface area contributed by atoms with Crippen LogP contribution in [0.4, 0.5) is 0 Å². The molecule has 1 heterocycles. The number of benzene rings is 1. The molecule has 0 aliphatic heterocycles. The molecule has 0 fully saturated rings. The summed E-state index contributed by atoms with van der Waals surface area (Å²) in [6, 6.07) is 6.24. The van der Waals surface area contributed by atoms with Crippen LogP contribution in [0.2, 0.25) is 0 Å². The van der Waals surface area contributed by atoms with E-state index in [1.54, 1.807) is 11.3 Å². The maximum atomic E-state index is 5.83. The molecule has 2 aromatic rings. The van der Waals surface area contributed by atoms with Crippen molar-refractivity contribution in [2.45, 2.75) is 67.6 Å². The van der Waals surface area contributed by atoms with Crippen LogP contribution < -0.4 is 4.74 Å². The van der Waals surface area contributed by atoms with Gasteiger partial charge in [-0.15, -0.1) is 11.3 Å². The van der Waals surface area contributed by atoms with Crippen molar-refractivity contribution in [2.24, 2.45) is 5.41 Å². The zero-order valence-corrected chi connectivity index (χ0v) is 17.8. The first-order valence-corrected chi connectivity index (χ1v) is 9.56.